The Morgan fingerprint density at radius 3 is 2.62 bits per heavy atom. The van der Waals surface area contributed by atoms with E-state index in [-0.39, 0.29) is 23.5 Å². The molecule has 2 aromatic heterocycles. The molecule has 10 nitrogen and oxygen atoms in total. The number of fused-ring (bicyclic) bond motifs is 1. The normalized spacial score (nSPS) is 11.3. The first-order valence-electron chi connectivity index (χ1n) is 7.60. The molecule has 3 aromatic rings. The third-order valence-electron chi connectivity index (χ3n) is 3.83. The fourth-order valence-corrected chi connectivity index (χ4v) is 2.45. The molecule has 0 bridgehead atoms. The van der Waals surface area contributed by atoms with E-state index in [1.54, 1.807) is 12.1 Å². The molecule has 0 aliphatic rings. The van der Waals surface area contributed by atoms with Crippen molar-refractivity contribution in [1.82, 2.24) is 24.1 Å². The van der Waals surface area contributed by atoms with Crippen LogP contribution in [0.1, 0.15) is 5.56 Å². The maximum atomic E-state index is 12.3. The van der Waals surface area contributed by atoms with Crippen LogP contribution in [-0.4, -0.2) is 35.9 Å². The van der Waals surface area contributed by atoms with Crippen molar-refractivity contribution in [3.05, 3.63) is 57.0 Å². The minimum absolute atomic E-state index is 0.133. The lowest BCUT2D eigenvalue weighted by Gasteiger charge is -2.05. The number of nitrogens with zero attached hydrogens (tertiary/aromatic N) is 5. The average molecular weight is 356 g/mol. The van der Waals surface area contributed by atoms with E-state index in [0.29, 0.717) is 5.56 Å². The van der Waals surface area contributed by atoms with Crippen LogP contribution in [0, 0.1) is 0 Å². The molecule has 0 atom stereocenters. The summed E-state index contributed by atoms with van der Waals surface area (Å²) in [7, 11) is 2.87. The lowest BCUT2D eigenvalue weighted by atomic mass is 10.2. The molecule has 0 spiro atoms. The van der Waals surface area contributed by atoms with Crippen LogP contribution in [0.3, 0.4) is 0 Å². The van der Waals surface area contributed by atoms with Gasteiger partial charge in [0.2, 0.25) is 0 Å². The van der Waals surface area contributed by atoms with E-state index in [2.05, 4.69) is 15.5 Å². The van der Waals surface area contributed by atoms with Crippen LogP contribution in [0.2, 0.25) is 0 Å². The van der Waals surface area contributed by atoms with Gasteiger partial charge in [0.05, 0.1) is 12.5 Å². The molecule has 26 heavy (non-hydrogen) atoms. The minimum Gasteiger partial charge on any atom is -0.508 e. The number of carbonyl (C=O) groups is 1. The lowest BCUT2D eigenvalue weighted by molar-refractivity contribution is -0.121. The number of imidazole rings is 1. The van der Waals surface area contributed by atoms with Crippen molar-refractivity contribution in [2.75, 3.05) is 0 Å². The number of carbonyl (C=O) groups excluding carboxylic acids is 1. The number of rotatable bonds is 4. The van der Waals surface area contributed by atoms with Crippen LogP contribution >= 0.6 is 0 Å². The highest BCUT2D eigenvalue weighted by Crippen LogP contribution is 2.07. The third kappa shape index (κ3) is 3.11. The van der Waals surface area contributed by atoms with Gasteiger partial charge in [-0.05, 0) is 29.8 Å². The SMILES string of the molecule is Cn1c(=O)c2c(ncn2CC(=O)NN=Cc2ccc(O)cc2)n(C)c1=O. The summed E-state index contributed by atoms with van der Waals surface area (Å²) in [5.74, 6) is -0.329. The van der Waals surface area contributed by atoms with E-state index >= 15 is 0 Å². The number of aromatic nitrogens is 4. The summed E-state index contributed by atoms with van der Waals surface area (Å²) in [6.07, 6.45) is 2.75. The number of hydrazone groups is 1. The Morgan fingerprint density at radius 1 is 1.23 bits per heavy atom. The van der Waals surface area contributed by atoms with Gasteiger partial charge in [-0.15, -0.1) is 0 Å². The van der Waals surface area contributed by atoms with E-state index < -0.39 is 17.2 Å². The summed E-state index contributed by atoms with van der Waals surface area (Å²) in [6, 6.07) is 6.28. The number of nitrogens with one attached hydrogen (secondary N) is 1. The second-order valence-corrected chi connectivity index (χ2v) is 5.64. The van der Waals surface area contributed by atoms with Crippen molar-refractivity contribution in [2.24, 2.45) is 19.2 Å². The minimum atomic E-state index is -0.527. The van der Waals surface area contributed by atoms with Gasteiger partial charge in [-0.1, -0.05) is 0 Å². The number of phenols is 1. The first kappa shape index (κ1) is 17.1. The predicted octanol–water partition coefficient (Wildman–Crippen LogP) is -0.710. The Hall–Kier alpha value is -3.69. The molecule has 1 aromatic carbocycles. The van der Waals surface area contributed by atoms with Crippen LogP contribution in [0.15, 0.2) is 45.3 Å². The van der Waals surface area contributed by atoms with Crippen molar-refractivity contribution >= 4 is 23.3 Å². The van der Waals surface area contributed by atoms with E-state index in [1.165, 1.54) is 47.9 Å². The lowest BCUT2D eigenvalue weighted by Crippen LogP contribution is -2.38. The second kappa shape index (κ2) is 6.67. The molecule has 134 valence electrons. The molecule has 1 amide bonds. The number of benzene rings is 1. The molecule has 0 aliphatic carbocycles. The molecule has 0 saturated carbocycles. The summed E-state index contributed by atoms with van der Waals surface area (Å²) in [5.41, 5.74) is 2.39. The summed E-state index contributed by atoms with van der Waals surface area (Å²) in [4.78, 5) is 40.3. The van der Waals surface area contributed by atoms with Crippen molar-refractivity contribution < 1.29 is 9.90 Å². The summed E-state index contributed by atoms with van der Waals surface area (Å²) < 4.78 is 3.57. The first-order chi connectivity index (χ1) is 12.4. The molecule has 10 heteroatoms. The number of aromatic hydroxyl groups is 1. The van der Waals surface area contributed by atoms with Crippen LogP contribution in [-0.2, 0) is 25.4 Å². The second-order valence-electron chi connectivity index (χ2n) is 5.64. The quantitative estimate of drug-likeness (QED) is 0.472. The van der Waals surface area contributed by atoms with Gasteiger partial charge in [0.15, 0.2) is 11.2 Å². The largest absolute Gasteiger partial charge is 0.508 e. The zero-order valence-electron chi connectivity index (χ0n) is 14.1. The molecular formula is C16H16N6O4. The Morgan fingerprint density at radius 2 is 1.92 bits per heavy atom. The fourth-order valence-electron chi connectivity index (χ4n) is 2.45. The van der Waals surface area contributed by atoms with E-state index in [0.717, 1.165) is 4.57 Å². The average Bonchev–Trinajstić information content (AvgIpc) is 3.03. The van der Waals surface area contributed by atoms with Crippen molar-refractivity contribution in [3.63, 3.8) is 0 Å². The predicted molar refractivity (Wildman–Crippen MR) is 94.1 cm³/mol. The van der Waals surface area contributed by atoms with E-state index in [9.17, 15) is 19.5 Å². The van der Waals surface area contributed by atoms with Gasteiger partial charge in [-0.2, -0.15) is 5.10 Å². The first-order valence-corrected chi connectivity index (χ1v) is 7.60. The molecule has 0 radical (unpaired) electrons. The van der Waals surface area contributed by atoms with Crippen molar-refractivity contribution in [3.8, 4) is 5.75 Å². The zero-order valence-corrected chi connectivity index (χ0v) is 14.1. The maximum Gasteiger partial charge on any atom is 0.332 e. The van der Waals surface area contributed by atoms with Crippen LogP contribution < -0.4 is 16.7 Å². The molecule has 0 fully saturated rings. The van der Waals surface area contributed by atoms with Crippen LogP contribution in [0.4, 0.5) is 0 Å². The molecule has 0 saturated heterocycles. The smallest absolute Gasteiger partial charge is 0.332 e. The molecule has 3 rings (SSSR count). The third-order valence-corrected chi connectivity index (χ3v) is 3.83. The number of hydrogen-bond acceptors (Lipinski definition) is 6. The molecule has 0 aliphatic heterocycles. The van der Waals surface area contributed by atoms with Gasteiger partial charge in [-0.25, -0.2) is 15.2 Å². The highest BCUT2D eigenvalue weighted by molar-refractivity contribution is 5.83. The van der Waals surface area contributed by atoms with Crippen LogP contribution in [0.25, 0.3) is 11.2 Å². The highest BCUT2D eigenvalue weighted by Gasteiger charge is 2.15. The maximum absolute atomic E-state index is 12.3. The van der Waals surface area contributed by atoms with E-state index in [4.69, 9.17) is 0 Å². The summed E-state index contributed by atoms with van der Waals surface area (Å²) >= 11 is 0. The van der Waals surface area contributed by atoms with Crippen molar-refractivity contribution in [1.29, 1.82) is 0 Å². The van der Waals surface area contributed by atoms with E-state index in [1.807, 2.05) is 0 Å². The Bertz CT molecular complexity index is 1120. The molecule has 2 N–H and O–H groups in total. The molecule has 0 unspecified atom stereocenters. The van der Waals surface area contributed by atoms with Gasteiger partial charge < -0.3 is 9.67 Å². The zero-order chi connectivity index (χ0) is 18.8. The Labute approximate surface area is 146 Å². The molecule has 2 heterocycles. The number of hydrogen-bond donors (Lipinski definition) is 2. The van der Waals surface area contributed by atoms with Gasteiger partial charge in [-0.3, -0.25) is 18.7 Å². The van der Waals surface area contributed by atoms with Crippen molar-refractivity contribution in [2.45, 2.75) is 6.54 Å². The monoisotopic (exact) mass is 356 g/mol. The Balaban J connectivity index is 1.79. The van der Waals surface area contributed by atoms with Crippen LogP contribution in [0.5, 0.6) is 5.75 Å². The standard InChI is InChI=1S/C16H16N6O4/c1-20-14-13(15(25)21(2)16(20)26)22(9-17-14)8-12(24)19-18-7-10-3-5-11(23)6-4-10/h3-7,9,23H,8H2,1-2H3,(H,19,24). The number of aryl methyl sites for hydroxylation is 1. The fraction of sp³-hybridized carbons (Fsp3) is 0.188. The number of phenolic OH excluding ortho intramolecular Hbond substituents is 1. The highest BCUT2D eigenvalue weighted by atomic mass is 16.3. The summed E-state index contributed by atoms with van der Waals surface area (Å²) in [5, 5.41) is 13.0. The van der Waals surface area contributed by atoms with Gasteiger partial charge >= 0.3 is 5.69 Å². The van der Waals surface area contributed by atoms with Gasteiger partial charge in [0, 0.05) is 14.1 Å². The van der Waals surface area contributed by atoms with Gasteiger partial charge in [0.1, 0.15) is 12.3 Å². The van der Waals surface area contributed by atoms with Gasteiger partial charge in [0.25, 0.3) is 11.5 Å². The summed E-state index contributed by atoms with van der Waals surface area (Å²) in [6.45, 7) is -0.184. The topological polar surface area (TPSA) is 124 Å². The Kier molecular flexibility index (Phi) is 4.40. The number of amides is 1. The molecular weight excluding hydrogens is 340 g/mol.